The minimum absolute atomic E-state index is 0.202. The minimum Gasteiger partial charge on any atom is -0.369 e. The smallest absolute Gasteiger partial charge is 0.129 e. The first-order valence-corrected chi connectivity index (χ1v) is 7.32. The zero-order valence-corrected chi connectivity index (χ0v) is 13.1. The molecule has 0 unspecified atom stereocenters. The van der Waals surface area contributed by atoms with Crippen molar-refractivity contribution in [3.63, 3.8) is 0 Å². The quantitative estimate of drug-likeness (QED) is 0.828. The number of hydrogen-bond acceptors (Lipinski definition) is 5. The van der Waals surface area contributed by atoms with Crippen LogP contribution in [-0.2, 0) is 0 Å². The minimum atomic E-state index is 0.202. The monoisotopic (exact) mass is 277 g/mol. The molecule has 3 N–H and O–H groups in total. The van der Waals surface area contributed by atoms with Crippen LogP contribution in [0.1, 0.15) is 38.3 Å². The van der Waals surface area contributed by atoms with Crippen molar-refractivity contribution < 1.29 is 0 Å². The molecule has 0 saturated heterocycles. The average molecular weight is 277 g/mol. The van der Waals surface area contributed by atoms with E-state index in [0.717, 1.165) is 37.4 Å². The molecule has 1 aliphatic rings. The zero-order valence-electron chi connectivity index (χ0n) is 13.1. The molecule has 0 aliphatic heterocycles. The van der Waals surface area contributed by atoms with E-state index in [-0.39, 0.29) is 5.41 Å². The number of aromatic nitrogens is 2. The molecule has 5 nitrogen and oxygen atoms in total. The Labute approximate surface area is 122 Å². The maximum Gasteiger partial charge on any atom is 0.129 e. The first-order valence-electron chi connectivity index (χ1n) is 7.32. The number of anilines is 1. The molecule has 1 saturated carbocycles. The Bertz CT molecular complexity index is 438. The van der Waals surface area contributed by atoms with Crippen molar-refractivity contribution in [3.8, 4) is 0 Å². The molecule has 1 heterocycles. The summed E-state index contributed by atoms with van der Waals surface area (Å²) in [5.74, 6) is 1.44. The van der Waals surface area contributed by atoms with Crippen LogP contribution in [0.5, 0.6) is 0 Å². The third-order valence-electron chi connectivity index (χ3n) is 3.77. The maximum atomic E-state index is 5.84. The third-order valence-corrected chi connectivity index (χ3v) is 3.77. The Balaban J connectivity index is 1.91. The van der Waals surface area contributed by atoms with E-state index in [2.05, 4.69) is 54.2 Å². The molecule has 0 spiro atoms. The van der Waals surface area contributed by atoms with Crippen LogP contribution in [0.4, 0.5) is 5.82 Å². The number of nitrogens with two attached hydrogens (primary N) is 1. The number of nitrogens with one attached hydrogen (secondary N) is 1. The highest BCUT2D eigenvalue weighted by atomic mass is 15.1. The molecular formula is C15H27N5. The summed E-state index contributed by atoms with van der Waals surface area (Å²) < 4.78 is 0. The van der Waals surface area contributed by atoms with Gasteiger partial charge < -0.3 is 16.0 Å². The molecule has 0 radical (unpaired) electrons. The molecule has 1 aliphatic carbocycles. The molecule has 0 atom stereocenters. The van der Waals surface area contributed by atoms with E-state index in [4.69, 9.17) is 5.73 Å². The Morgan fingerprint density at radius 2 is 2.05 bits per heavy atom. The molecular weight excluding hydrogens is 250 g/mol. The molecule has 112 valence electrons. The van der Waals surface area contributed by atoms with Crippen LogP contribution in [0, 0.1) is 5.41 Å². The Kier molecular flexibility index (Phi) is 4.60. The summed E-state index contributed by atoms with van der Waals surface area (Å²) >= 11 is 0. The van der Waals surface area contributed by atoms with Gasteiger partial charge in [-0.05, 0) is 32.4 Å². The normalized spacial score (nSPS) is 22.7. The van der Waals surface area contributed by atoms with Crippen LogP contribution < -0.4 is 11.1 Å². The van der Waals surface area contributed by atoms with Crippen molar-refractivity contribution >= 4 is 5.82 Å². The fraction of sp³-hybridized carbons (Fsp3) is 0.733. The molecule has 1 aromatic rings. The highest BCUT2D eigenvalue weighted by Gasteiger charge is 2.28. The first kappa shape index (κ1) is 15.2. The maximum absolute atomic E-state index is 5.84. The summed E-state index contributed by atoms with van der Waals surface area (Å²) in [5, 5.41) is 3.44. The van der Waals surface area contributed by atoms with Gasteiger partial charge in [-0.15, -0.1) is 0 Å². The molecule has 0 bridgehead atoms. The molecule has 20 heavy (non-hydrogen) atoms. The number of nitrogens with zero attached hydrogens (tertiary/aromatic N) is 3. The fourth-order valence-electron chi connectivity index (χ4n) is 2.84. The SMILES string of the molecule is CN(C)CC(C)(C)CNc1cc(C2CC(N)C2)ncn1. The van der Waals surface area contributed by atoms with Crippen molar-refractivity contribution in [2.24, 2.45) is 11.1 Å². The standard InChI is InChI=1S/C15H27N5/c1-15(2,9-20(3)4)8-17-14-7-13(18-10-19-14)11-5-12(16)6-11/h7,10-12H,5-6,8-9,16H2,1-4H3,(H,17,18,19). The van der Waals surface area contributed by atoms with Crippen molar-refractivity contribution in [3.05, 3.63) is 18.1 Å². The Morgan fingerprint density at radius 3 is 2.65 bits per heavy atom. The van der Waals surface area contributed by atoms with Crippen LogP contribution in [0.2, 0.25) is 0 Å². The van der Waals surface area contributed by atoms with Crippen LogP contribution >= 0.6 is 0 Å². The second kappa shape index (κ2) is 6.06. The van der Waals surface area contributed by atoms with E-state index in [1.165, 1.54) is 0 Å². The van der Waals surface area contributed by atoms with E-state index in [9.17, 15) is 0 Å². The van der Waals surface area contributed by atoms with E-state index in [0.29, 0.717) is 12.0 Å². The molecule has 5 heteroatoms. The molecule has 2 rings (SSSR count). The van der Waals surface area contributed by atoms with Gasteiger partial charge >= 0.3 is 0 Å². The first-order chi connectivity index (χ1) is 9.35. The summed E-state index contributed by atoms with van der Waals surface area (Å²) in [6.45, 7) is 6.45. The number of hydrogen-bond donors (Lipinski definition) is 2. The third kappa shape index (κ3) is 4.15. The van der Waals surface area contributed by atoms with Gasteiger partial charge in [0.15, 0.2) is 0 Å². The van der Waals surface area contributed by atoms with Gasteiger partial charge in [0.05, 0.1) is 0 Å². The predicted molar refractivity (Wildman–Crippen MR) is 82.8 cm³/mol. The summed E-state index contributed by atoms with van der Waals surface area (Å²) in [7, 11) is 4.20. The highest BCUT2D eigenvalue weighted by molar-refractivity contribution is 5.36. The largest absolute Gasteiger partial charge is 0.369 e. The molecule has 1 fully saturated rings. The lowest BCUT2D eigenvalue weighted by atomic mass is 9.78. The lowest BCUT2D eigenvalue weighted by molar-refractivity contribution is 0.254. The van der Waals surface area contributed by atoms with Gasteiger partial charge in [-0.2, -0.15) is 0 Å². The van der Waals surface area contributed by atoms with Gasteiger partial charge in [0, 0.05) is 36.8 Å². The highest BCUT2D eigenvalue weighted by Crippen LogP contribution is 2.34. The summed E-state index contributed by atoms with van der Waals surface area (Å²) in [6.07, 6.45) is 3.74. The van der Waals surface area contributed by atoms with Crippen LogP contribution in [0.15, 0.2) is 12.4 Å². The Hall–Kier alpha value is -1.20. The zero-order chi connectivity index (χ0) is 14.8. The van der Waals surface area contributed by atoms with Gasteiger partial charge in [0.25, 0.3) is 0 Å². The average Bonchev–Trinajstić information content (AvgIpc) is 2.31. The van der Waals surface area contributed by atoms with Crippen molar-refractivity contribution in [2.45, 2.75) is 38.6 Å². The van der Waals surface area contributed by atoms with Gasteiger partial charge in [-0.3, -0.25) is 0 Å². The van der Waals surface area contributed by atoms with Crippen LogP contribution in [-0.4, -0.2) is 48.1 Å². The lowest BCUT2D eigenvalue weighted by Crippen LogP contribution is -2.35. The second-order valence-electron chi connectivity index (χ2n) is 7.01. The second-order valence-corrected chi connectivity index (χ2v) is 7.01. The van der Waals surface area contributed by atoms with Gasteiger partial charge in [0.1, 0.15) is 12.1 Å². The van der Waals surface area contributed by atoms with E-state index in [1.54, 1.807) is 6.33 Å². The Morgan fingerprint density at radius 1 is 1.35 bits per heavy atom. The van der Waals surface area contributed by atoms with Crippen molar-refractivity contribution in [2.75, 3.05) is 32.5 Å². The predicted octanol–water partition coefficient (Wildman–Crippen LogP) is 1.68. The topological polar surface area (TPSA) is 67.1 Å². The summed E-state index contributed by atoms with van der Waals surface area (Å²) in [5.41, 5.74) is 7.16. The fourth-order valence-corrected chi connectivity index (χ4v) is 2.84. The van der Waals surface area contributed by atoms with Crippen molar-refractivity contribution in [1.82, 2.24) is 14.9 Å². The van der Waals surface area contributed by atoms with E-state index in [1.807, 2.05) is 0 Å². The van der Waals surface area contributed by atoms with Gasteiger partial charge in [0.2, 0.25) is 0 Å². The van der Waals surface area contributed by atoms with E-state index >= 15 is 0 Å². The lowest BCUT2D eigenvalue weighted by Gasteiger charge is -2.32. The van der Waals surface area contributed by atoms with Crippen LogP contribution in [0.3, 0.4) is 0 Å². The summed E-state index contributed by atoms with van der Waals surface area (Å²) in [6, 6.07) is 2.42. The van der Waals surface area contributed by atoms with E-state index < -0.39 is 0 Å². The molecule has 0 aromatic carbocycles. The van der Waals surface area contributed by atoms with Gasteiger partial charge in [-0.25, -0.2) is 9.97 Å². The van der Waals surface area contributed by atoms with Crippen LogP contribution in [0.25, 0.3) is 0 Å². The molecule has 1 aromatic heterocycles. The summed E-state index contributed by atoms with van der Waals surface area (Å²) in [4.78, 5) is 10.9. The van der Waals surface area contributed by atoms with Crippen molar-refractivity contribution in [1.29, 1.82) is 0 Å². The number of rotatable bonds is 6. The molecule has 0 amide bonds. The van der Waals surface area contributed by atoms with Gasteiger partial charge in [-0.1, -0.05) is 13.8 Å².